The summed E-state index contributed by atoms with van der Waals surface area (Å²) in [5.74, 6) is -1.16. The van der Waals surface area contributed by atoms with Gasteiger partial charge in [0.25, 0.3) is 0 Å². The second-order valence-electron chi connectivity index (χ2n) is 4.26. The maximum atomic E-state index is 12.3. The third-order valence-electron chi connectivity index (χ3n) is 2.63. The largest absolute Gasteiger partial charge is 0.481 e. The van der Waals surface area contributed by atoms with Crippen molar-refractivity contribution in [1.29, 1.82) is 0 Å². The second kappa shape index (κ2) is 4.69. The molecule has 0 saturated heterocycles. The zero-order valence-corrected chi connectivity index (χ0v) is 9.83. The molecular weight excluding hydrogens is 230 g/mol. The van der Waals surface area contributed by atoms with Gasteiger partial charge in [0, 0.05) is 5.56 Å². The predicted molar refractivity (Wildman–Crippen MR) is 58.5 cm³/mol. The van der Waals surface area contributed by atoms with Gasteiger partial charge >= 0.3 is 12.6 Å². The summed E-state index contributed by atoms with van der Waals surface area (Å²) in [6.07, 6.45) is 0. The minimum Gasteiger partial charge on any atom is -0.481 e. The topological polar surface area (TPSA) is 46.5 Å². The van der Waals surface area contributed by atoms with E-state index in [-0.39, 0.29) is 11.3 Å². The molecule has 0 saturated carbocycles. The van der Waals surface area contributed by atoms with Crippen molar-refractivity contribution in [1.82, 2.24) is 0 Å². The highest BCUT2D eigenvalue weighted by Gasteiger charge is 2.33. The van der Waals surface area contributed by atoms with Crippen LogP contribution in [0.5, 0.6) is 5.75 Å². The van der Waals surface area contributed by atoms with Crippen LogP contribution in [0.1, 0.15) is 25.0 Å². The first-order valence-corrected chi connectivity index (χ1v) is 5.05. The summed E-state index contributed by atoms with van der Waals surface area (Å²) in [5.41, 5.74) is -0.557. The van der Waals surface area contributed by atoms with Crippen LogP contribution in [0.25, 0.3) is 0 Å². The van der Waals surface area contributed by atoms with Crippen molar-refractivity contribution in [3.05, 3.63) is 29.3 Å². The molecule has 0 heterocycles. The lowest BCUT2D eigenvalue weighted by Crippen LogP contribution is -2.29. The van der Waals surface area contributed by atoms with Crippen LogP contribution in [0.4, 0.5) is 8.78 Å². The van der Waals surface area contributed by atoms with E-state index in [1.807, 2.05) is 0 Å². The fourth-order valence-electron chi connectivity index (χ4n) is 1.51. The van der Waals surface area contributed by atoms with E-state index in [4.69, 9.17) is 5.11 Å². The molecule has 1 aromatic rings. The Kier molecular flexibility index (Phi) is 3.70. The van der Waals surface area contributed by atoms with Crippen LogP contribution in [-0.2, 0) is 10.2 Å². The number of carboxylic acid groups (broad SMARTS) is 1. The standard InChI is InChI=1S/C12H14F2O3/c1-7-5-4-6-8(9(7)17-11(13)14)12(2,3)10(15)16/h4-6,11H,1-3H3,(H,15,16). The van der Waals surface area contributed by atoms with Gasteiger partial charge in [0.1, 0.15) is 5.75 Å². The van der Waals surface area contributed by atoms with Crippen LogP contribution in [0.3, 0.4) is 0 Å². The first-order chi connectivity index (χ1) is 7.76. The number of rotatable bonds is 4. The summed E-state index contributed by atoms with van der Waals surface area (Å²) in [5, 5.41) is 9.10. The van der Waals surface area contributed by atoms with Crippen molar-refractivity contribution >= 4 is 5.97 Å². The molecule has 0 fully saturated rings. The molecule has 0 aliphatic heterocycles. The lowest BCUT2D eigenvalue weighted by Gasteiger charge is -2.23. The third-order valence-corrected chi connectivity index (χ3v) is 2.63. The number of alkyl halides is 2. The lowest BCUT2D eigenvalue weighted by atomic mass is 9.83. The number of aryl methyl sites for hydroxylation is 1. The lowest BCUT2D eigenvalue weighted by molar-refractivity contribution is -0.142. The molecule has 0 aliphatic rings. The molecular formula is C12H14F2O3. The van der Waals surface area contributed by atoms with Crippen LogP contribution < -0.4 is 4.74 Å². The van der Waals surface area contributed by atoms with Crippen LogP contribution in [0.15, 0.2) is 18.2 Å². The summed E-state index contributed by atoms with van der Waals surface area (Å²) >= 11 is 0. The van der Waals surface area contributed by atoms with Crippen molar-refractivity contribution in [2.45, 2.75) is 32.8 Å². The zero-order chi connectivity index (χ0) is 13.2. The number of ether oxygens (including phenoxy) is 1. The van der Waals surface area contributed by atoms with Crippen molar-refractivity contribution in [3.8, 4) is 5.75 Å². The number of hydrogen-bond donors (Lipinski definition) is 1. The van der Waals surface area contributed by atoms with E-state index in [0.717, 1.165) is 0 Å². The van der Waals surface area contributed by atoms with Gasteiger partial charge in [0.15, 0.2) is 0 Å². The van der Waals surface area contributed by atoms with Crippen LogP contribution in [0, 0.1) is 6.92 Å². The van der Waals surface area contributed by atoms with Crippen LogP contribution in [0.2, 0.25) is 0 Å². The van der Waals surface area contributed by atoms with E-state index in [2.05, 4.69) is 4.74 Å². The van der Waals surface area contributed by atoms with Crippen LogP contribution in [-0.4, -0.2) is 17.7 Å². The van der Waals surface area contributed by atoms with E-state index in [1.165, 1.54) is 19.9 Å². The van der Waals surface area contributed by atoms with Crippen molar-refractivity contribution < 1.29 is 23.4 Å². The van der Waals surface area contributed by atoms with E-state index in [0.29, 0.717) is 5.56 Å². The van der Waals surface area contributed by atoms with Gasteiger partial charge in [-0.2, -0.15) is 8.78 Å². The average Bonchev–Trinajstić information content (AvgIpc) is 2.19. The number of hydrogen-bond acceptors (Lipinski definition) is 2. The van der Waals surface area contributed by atoms with Gasteiger partial charge < -0.3 is 9.84 Å². The third kappa shape index (κ3) is 2.72. The summed E-state index contributed by atoms with van der Waals surface area (Å²) in [6.45, 7) is 1.52. The number of carboxylic acids is 1. The summed E-state index contributed by atoms with van der Waals surface area (Å²) < 4.78 is 29.0. The molecule has 0 aliphatic carbocycles. The maximum Gasteiger partial charge on any atom is 0.387 e. The highest BCUT2D eigenvalue weighted by Crippen LogP contribution is 2.35. The van der Waals surface area contributed by atoms with Gasteiger partial charge in [-0.3, -0.25) is 4.79 Å². The maximum absolute atomic E-state index is 12.3. The molecule has 0 spiro atoms. The minimum absolute atomic E-state index is 0.0603. The molecule has 0 unspecified atom stereocenters. The predicted octanol–water partition coefficient (Wildman–Crippen LogP) is 2.96. The van der Waals surface area contributed by atoms with Gasteiger partial charge in [-0.15, -0.1) is 0 Å². The van der Waals surface area contributed by atoms with Gasteiger partial charge in [-0.05, 0) is 26.3 Å². The Balaban J connectivity index is 3.33. The van der Waals surface area contributed by atoms with Crippen molar-refractivity contribution in [3.63, 3.8) is 0 Å². The zero-order valence-electron chi connectivity index (χ0n) is 9.83. The SMILES string of the molecule is Cc1cccc(C(C)(C)C(=O)O)c1OC(F)F. The van der Waals surface area contributed by atoms with E-state index < -0.39 is 18.0 Å². The Labute approximate surface area is 98.0 Å². The summed E-state index contributed by atoms with van der Waals surface area (Å²) in [7, 11) is 0. The number of carbonyl (C=O) groups is 1. The molecule has 0 atom stereocenters. The number of halogens is 2. The summed E-state index contributed by atoms with van der Waals surface area (Å²) in [4.78, 5) is 11.1. The molecule has 3 nitrogen and oxygen atoms in total. The Morgan fingerprint density at radius 1 is 1.41 bits per heavy atom. The normalized spacial score (nSPS) is 11.6. The Bertz CT molecular complexity index is 428. The monoisotopic (exact) mass is 244 g/mol. The van der Waals surface area contributed by atoms with Gasteiger partial charge in [0.05, 0.1) is 5.41 Å². The molecule has 17 heavy (non-hydrogen) atoms. The Morgan fingerprint density at radius 2 is 2.00 bits per heavy atom. The molecule has 0 aromatic heterocycles. The molecule has 1 N–H and O–H groups in total. The minimum atomic E-state index is -2.97. The van der Waals surface area contributed by atoms with Crippen molar-refractivity contribution in [2.24, 2.45) is 0 Å². The molecule has 0 amide bonds. The van der Waals surface area contributed by atoms with Gasteiger partial charge in [-0.25, -0.2) is 0 Å². The van der Waals surface area contributed by atoms with Gasteiger partial charge in [0.2, 0.25) is 0 Å². The molecule has 94 valence electrons. The smallest absolute Gasteiger partial charge is 0.387 e. The second-order valence-corrected chi connectivity index (χ2v) is 4.26. The molecule has 1 rings (SSSR count). The average molecular weight is 244 g/mol. The quantitative estimate of drug-likeness (QED) is 0.885. The Morgan fingerprint density at radius 3 is 2.47 bits per heavy atom. The van der Waals surface area contributed by atoms with Gasteiger partial charge in [-0.1, -0.05) is 18.2 Å². The first-order valence-electron chi connectivity index (χ1n) is 5.05. The van der Waals surface area contributed by atoms with Crippen LogP contribution >= 0.6 is 0 Å². The molecule has 1 aromatic carbocycles. The van der Waals surface area contributed by atoms with E-state index >= 15 is 0 Å². The Hall–Kier alpha value is -1.65. The van der Waals surface area contributed by atoms with E-state index in [1.54, 1.807) is 19.1 Å². The fourth-order valence-corrected chi connectivity index (χ4v) is 1.51. The number of benzene rings is 1. The summed E-state index contributed by atoms with van der Waals surface area (Å²) in [6, 6.07) is 4.70. The number of aliphatic carboxylic acids is 1. The number of para-hydroxylation sites is 1. The first kappa shape index (κ1) is 13.4. The fraction of sp³-hybridized carbons (Fsp3) is 0.417. The van der Waals surface area contributed by atoms with E-state index in [9.17, 15) is 13.6 Å². The van der Waals surface area contributed by atoms with Crippen molar-refractivity contribution in [2.75, 3.05) is 0 Å². The highest BCUT2D eigenvalue weighted by atomic mass is 19.3. The molecule has 0 bridgehead atoms. The molecule has 5 heteroatoms. The highest BCUT2D eigenvalue weighted by molar-refractivity contribution is 5.81. The molecule has 0 radical (unpaired) electrons.